The average Bonchev–Trinajstić information content (AvgIpc) is 3.19. The van der Waals surface area contributed by atoms with Gasteiger partial charge in [0, 0.05) is 37.6 Å². The zero-order valence-electron chi connectivity index (χ0n) is 15.7. The van der Waals surface area contributed by atoms with Crippen LogP contribution < -0.4 is 0 Å². The lowest BCUT2D eigenvalue weighted by Crippen LogP contribution is -2.28. The molecule has 0 bridgehead atoms. The maximum atomic E-state index is 9.79. The molecule has 0 aliphatic carbocycles. The lowest BCUT2D eigenvalue weighted by Gasteiger charge is -2.25. The molecule has 0 radical (unpaired) electrons. The summed E-state index contributed by atoms with van der Waals surface area (Å²) < 4.78 is 2.08. The van der Waals surface area contributed by atoms with E-state index in [1.165, 1.54) is 48.5 Å². The Hall–Kier alpha value is -1.21. The first-order valence-corrected chi connectivity index (χ1v) is 10.8. The number of aliphatic hydroxyl groups excluding tert-OH is 1. The normalized spacial score (nSPS) is 20.7. The molecule has 5 nitrogen and oxygen atoms in total. The predicted molar refractivity (Wildman–Crippen MR) is 105 cm³/mol. The van der Waals surface area contributed by atoms with E-state index in [1.807, 2.05) is 11.3 Å². The SMILES string of the molecule is C[C@@H](O)c1cc2n(n1)CCCN(Cc1cc(CN3CCCCC3)cs1)C2. The fourth-order valence-corrected chi connectivity index (χ4v) is 5.00. The van der Waals surface area contributed by atoms with Crippen molar-refractivity contribution in [2.24, 2.45) is 0 Å². The highest BCUT2D eigenvalue weighted by Crippen LogP contribution is 2.23. The van der Waals surface area contributed by atoms with Crippen LogP contribution in [-0.4, -0.2) is 44.3 Å². The van der Waals surface area contributed by atoms with E-state index in [9.17, 15) is 5.11 Å². The Morgan fingerprint density at radius 2 is 1.85 bits per heavy atom. The van der Waals surface area contributed by atoms with E-state index in [0.29, 0.717) is 0 Å². The van der Waals surface area contributed by atoms with Crippen molar-refractivity contribution in [2.75, 3.05) is 19.6 Å². The van der Waals surface area contributed by atoms with Gasteiger partial charge in [-0.3, -0.25) is 14.5 Å². The Morgan fingerprint density at radius 1 is 1.04 bits per heavy atom. The summed E-state index contributed by atoms with van der Waals surface area (Å²) in [5.41, 5.74) is 3.49. The quantitative estimate of drug-likeness (QED) is 0.871. The van der Waals surface area contributed by atoms with Gasteiger partial charge >= 0.3 is 0 Å². The van der Waals surface area contributed by atoms with Crippen LogP contribution in [-0.2, 0) is 26.2 Å². The van der Waals surface area contributed by atoms with Crippen molar-refractivity contribution in [1.29, 1.82) is 0 Å². The molecule has 4 heterocycles. The summed E-state index contributed by atoms with van der Waals surface area (Å²) in [4.78, 5) is 6.57. The molecule has 1 atom stereocenters. The molecule has 0 unspecified atom stereocenters. The van der Waals surface area contributed by atoms with Gasteiger partial charge in [0.2, 0.25) is 0 Å². The van der Waals surface area contributed by atoms with Gasteiger partial charge in [-0.15, -0.1) is 11.3 Å². The number of nitrogens with zero attached hydrogens (tertiary/aromatic N) is 4. The molecule has 4 rings (SSSR count). The van der Waals surface area contributed by atoms with Crippen LogP contribution in [0.1, 0.15) is 60.5 Å². The molecule has 2 aliphatic heterocycles. The van der Waals surface area contributed by atoms with Crippen LogP contribution in [0.2, 0.25) is 0 Å². The molecule has 0 aromatic carbocycles. The molecule has 1 saturated heterocycles. The van der Waals surface area contributed by atoms with Crippen molar-refractivity contribution in [2.45, 2.75) is 64.9 Å². The van der Waals surface area contributed by atoms with Crippen molar-refractivity contribution < 1.29 is 5.11 Å². The predicted octanol–water partition coefficient (Wildman–Crippen LogP) is 3.39. The second-order valence-corrected chi connectivity index (χ2v) is 8.78. The second-order valence-electron chi connectivity index (χ2n) is 7.78. The monoisotopic (exact) mass is 374 g/mol. The molecule has 2 aromatic heterocycles. The minimum Gasteiger partial charge on any atom is -0.387 e. The van der Waals surface area contributed by atoms with Gasteiger partial charge in [0.25, 0.3) is 0 Å². The largest absolute Gasteiger partial charge is 0.387 e. The Bertz CT molecular complexity index is 717. The molecule has 2 aliphatic rings. The molecule has 0 saturated carbocycles. The first-order valence-electron chi connectivity index (χ1n) is 9.93. The van der Waals surface area contributed by atoms with Crippen LogP contribution in [0.5, 0.6) is 0 Å². The van der Waals surface area contributed by atoms with Crippen molar-refractivity contribution in [1.82, 2.24) is 19.6 Å². The average molecular weight is 375 g/mol. The molecule has 1 fully saturated rings. The van der Waals surface area contributed by atoms with Crippen LogP contribution in [0.4, 0.5) is 0 Å². The number of aliphatic hydroxyl groups is 1. The van der Waals surface area contributed by atoms with Gasteiger partial charge in [-0.25, -0.2) is 0 Å². The maximum Gasteiger partial charge on any atom is 0.0950 e. The standard InChI is InChI=1S/C20H30N4OS/c1-16(25)20-11-18-13-23(8-5-9-24(18)21-20)14-19-10-17(15-26-19)12-22-6-3-2-4-7-22/h10-11,15-16,25H,2-9,12-14H2,1H3/t16-/m1/s1. The third-order valence-corrected chi connectivity index (χ3v) is 6.45. The van der Waals surface area contributed by atoms with E-state index >= 15 is 0 Å². The Kier molecular flexibility index (Phi) is 5.74. The number of aryl methyl sites for hydroxylation is 1. The Balaban J connectivity index is 1.37. The van der Waals surface area contributed by atoms with E-state index in [-0.39, 0.29) is 0 Å². The first-order chi connectivity index (χ1) is 12.7. The number of likely N-dealkylation sites (tertiary alicyclic amines) is 1. The summed E-state index contributed by atoms with van der Waals surface area (Å²) in [5, 5.41) is 16.7. The van der Waals surface area contributed by atoms with Crippen molar-refractivity contribution in [3.05, 3.63) is 39.3 Å². The lowest BCUT2D eigenvalue weighted by atomic mass is 10.1. The van der Waals surface area contributed by atoms with E-state index in [2.05, 4.69) is 37.1 Å². The van der Waals surface area contributed by atoms with E-state index in [0.717, 1.165) is 44.8 Å². The summed E-state index contributed by atoms with van der Waals surface area (Å²) in [7, 11) is 0. The minimum atomic E-state index is -0.488. The number of thiophene rings is 1. The number of rotatable bonds is 5. The molecule has 142 valence electrons. The summed E-state index contributed by atoms with van der Waals surface area (Å²) in [6, 6.07) is 4.47. The number of aromatic nitrogens is 2. The first kappa shape index (κ1) is 18.2. The summed E-state index contributed by atoms with van der Waals surface area (Å²) >= 11 is 1.90. The van der Waals surface area contributed by atoms with E-state index in [4.69, 9.17) is 0 Å². The van der Waals surface area contributed by atoms with Crippen molar-refractivity contribution in [3.63, 3.8) is 0 Å². The van der Waals surface area contributed by atoms with Gasteiger partial charge in [0.05, 0.1) is 17.5 Å². The molecule has 0 spiro atoms. The van der Waals surface area contributed by atoms with Crippen molar-refractivity contribution in [3.8, 4) is 0 Å². The van der Waals surface area contributed by atoms with Gasteiger partial charge in [-0.05, 0) is 62.4 Å². The van der Waals surface area contributed by atoms with Crippen molar-refractivity contribution >= 4 is 11.3 Å². The molecular formula is C20H30N4OS. The zero-order valence-corrected chi connectivity index (χ0v) is 16.5. The second kappa shape index (κ2) is 8.21. The number of hydrogen-bond donors (Lipinski definition) is 1. The van der Waals surface area contributed by atoms with Gasteiger partial charge in [0.1, 0.15) is 0 Å². The third kappa shape index (κ3) is 4.36. The number of fused-ring (bicyclic) bond motifs is 1. The van der Waals surface area contributed by atoms with E-state index < -0.39 is 6.10 Å². The summed E-state index contributed by atoms with van der Waals surface area (Å²) in [5.74, 6) is 0. The number of hydrogen-bond acceptors (Lipinski definition) is 5. The summed E-state index contributed by atoms with van der Waals surface area (Å²) in [6.07, 6.45) is 4.73. The van der Waals surface area contributed by atoms with E-state index in [1.54, 1.807) is 6.92 Å². The number of piperidine rings is 1. The molecular weight excluding hydrogens is 344 g/mol. The Labute approximate surface area is 160 Å². The summed E-state index contributed by atoms with van der Waals surface area (Å²) in [6.45, 7) is 9.39. The smallest absolute Gasteiger partial charge is 0.0950 e. The maximum absolute atomic E-state index is 9.79. The molecule has 0 amide bonds. The highest BCUT2D eigenvalue weighted by Gasteiger charge is 2.19. The topological polar surface area (TPSA) is 44.5 Å². The zero-order chi connectivity index (χ0) is 17.9. The molecule has 26 heavy (non-hydrogen) atoms. The third-order valence-electron chi connectivity index (χ3n) is 5.48. The van der Waals surface area contributed by atoms with Crippen LogP contribution >= 0.6 is 11.3 Å². The Morgan fingerprint density at radius 3 is 2.65 bits per heavy atom. The molecule has 6 heteroatoms. The molecule has 2 aromatic rings. The fraction of sp³-hybridized carbons (Fsp3) is 0.650. The highest BCUT2D eigenvalue weighted by molar-refractivity contribution is 7.10. The highest BCUT2D eigenvalue weighted by atomic mass is 32.1. The van der Waals surface area contributed by atoms with Crippen LogP contribution in [0.15, 0.2) is 17.5 Å². The van der Waals surface area contributed by atoms with Crippen LogP contribution in [0, 0.1) is 0 Å². The van der Waals surface area contributed by atoms with Gasteiger partial charge < -0.3 is 5.11 Å². The van der Waals surface area contributed by atoms with Crippen LogP contribution in [0.3, 0.4) is 0 Å². The minimum absolute atomic E-state index is 0.488. The van der Waals surface area contributed by atoms with Crippen LogP contribution in [0.25, 0.3) is 0 Å². The van der Waals surface area contributed by atoms with Gasteiger partial charge in [-0.1, -0.05) is 6.42 Å². The van der Waals surface area contributed by atoms with Gasteiger partial charge in [0.15, 0.2) is 0 Å². The fourth-order valence-electron chi connectivity index (χ4n) is 4.08. The van der Waals surface area contributed by atoms with Gasteiger partial charge in [-0.2, -0.15) is 5.10 Å². The lowest BCUT2D eigenvalue weighted by molar-refractivity contribution is 0.193. The molecule has 1 N–H and O–H groups in total.